The van der Waals surface area contributed by atoms with Crippen LogP contribution in [0.25, 0.3) is 4.85 Å². The Morgan fingerprint density at radius 3 is 2.80 bits per heavy atom. The molecule has 1 aliphatic carbocycles. The summed E-state index contributed by atoms with van der Waals surface area (Å²) in [5.74, 6) is 0. The van der Waals surface area contributed by atoms with E-state index in [1.807, 2.05) is 24.3 Å². The number of rotatable bonds is 3. The van der Waals surface area contributed by atoms with Crippen molar-refractivity contribution < 1.29 is 5.11 Å². The Balaban J connectivity index is 2.13. The van der Waals surface area contributed by atoms with Crippen molar-refractivity contribution in [3.8, 4) is 0 Å². The fourth-order valence-corrected chi connectivity index (χ4v) is 1.79. The number of hydrogen-bond donors (Lipinski definition) is 2. The van der Waals surface area contributed by atoms with Crippen LogP contribution < -0.4 is 5.32 Å². The van der Waals surface area contributed by atoms with Gasteiger partial charge < -0.3 is 10.4 Å². The highest BCUT2D eigenvalue weighted by Gasteiger charge is 2.43. The van der Waals surface area contributed by atoms with Crippen LogP contribution in [0.15, 0.2) is 24.3 Å². The van der Waals surface area contributed by atoms with E-state index >= 15 is 0 Å². The number of anilines is 1. The third-order valence-corrected chi connectivity index (χ3v) is 2.88. The molecular weight excluding hydrogens is 188 g/mol. The van der Waals surface area contributed by atoms with E-state index in [9.17, 15) is 0 Å². The first-order chi connectivity index (χ1) is 7.28. The number of aliphatic hydroxyl groups excluding tert-OH is 1. The minimum absolute atomic E-state index is 0.0422. The van der Waals surface area contributed by atoms with Crippen molar-refractivity contribution in [1.29, 1.82) is 0 Å². The van der Waals surface area contributed by atoms with Gasteiger partial charge in [-0.1, -0.05) is 12.1 Å². The fraction of sp³-hybridized carbons (Fsp3) is 0.417. The van der Waals surface area contributed by atoms with Crippen LogP contribution in [0.4, 0.5) is 5.69 Å². The standard InChI is InChI=1S/C12H14N2O/c1-13-12(6-3-7-12)14-11-5-2-4-10(8-11)9-15/h2,4-5,8,14-15H,3,6-7,9H2. The molecule has 0 aromatic heterocycles. The molecule has 0 amide bonds. The Morgan fingerprint density at radius 2 is 2.27 bits per heavy atom. The van der Waals surface area contributed by atoms with Crippen LogP contribution in [0.5, 0.6) is 0 Å². The van der Waals surface area contributed by atoms with Gasteiger partial charge in [0.25, 0.3) is 0 Å². The predicted octanol–water partition coefficient (Wildman–Crippen LogP) is 2.39. The number of benzene rings is 1. The van der Waals surface area contributed by atoms with E-state index < -0.39 is 0 Å². The first-order valence-corrected chi connectivity index (χ1v) is 5.15. The van der Waals surface area contributed by atoms with Crippen LogP contribution in [-0.2, 0) is 6.61 Å². The molecule has 1 fully saturated rings. The number of nitrogens with zero attached hydrogens (tertiary/aromatic N) is 1. The minimum Gasteiger partial charge on any atom is -0.392 e. The van der Waals surface area contributed by atoms with Gasteiger partial charge in [0, 0.05) is 18.5 Å². The molecule has 0 aliphatic heterocycles. The molecule has 0 bridgehead atoms. The van der Waals surface area contributed by atoms with E-state index in [0.717, 1.165) is 30.5 Å². The zero-order valence-electron chi connectivity index (χ0n) is 8.53. The molecule has 1 aromatic carbocycles. The van der Waals surface area contributed by atoms with Gasteiger partial charge in [-0.25, -0.2) is 6.57 Å². The lowest BCUT2D eigenvalue weighted by Crippen LogP contribution is -2.41. The summed E-state index contributed by atoms with van der Waals surface area (Å²) >= 11 is 0. The Labute approximate surface area is 89.6 Å². The summed E-state index contributed by atoms with van der Waals surface area (Å²) in [4.78, 5) is 3.65. The third kappa shape index (κ3) is 1.95. The average Bonchev–Trinajstić information content (AvgIpc) is 2.24. The van der Waals surface area contributed by atoms with Gasteiger partial charge in [-0.2, -0.15) is 0 Å². The lowest BCUT2D eigenvalue weighted by atomic mass is 9.85. The third-order valence-electron chi connectivity index (χ3n) is 2.88. The summed E-state index contributed by atoms with van der Waals surface area (Å²) in [5, 5.41) is 12.3. The van der Waals surface area contributed by atoms with Crippen molar-refractivity contribution in [3.63, 3.8) is 0 Å². The molecule has 0 saturated heterocycles. The molecule has 2 N–H and O–H groups in total. The molecule has 15 heavy (non-hydrogen) atoms. The van der Waals surface area contributed by atoms with Crippen molar-refractivity contribution >= 4 is 5.69 Å². The van der Waals surface area contributed by atoms with E-state index in [1.165, 1.54) is 0 Å². The van der Waals surface area contributed by atoms with Gasteiger partial charge in [-0.3, -0.25) is 4.85 Å². The number of hydrogen-bond acceptors (Lipinski definition) is 2. The molecule has 0 spiro atoms. The minimum atomic E-state index is -0.381. The summed E-state index contributed by atoms with van der Waals surface area (Å²) in [5.41, 5.74) is 1.42. The van der Waals surface area contributed by atoms with Crippen LogP contribution >= 0.6 is 0 Å². The van der Waals surface area contributed by atoms with Gasteiger partial charge in [-0.05, 0) is 24.1 Å². The fourth-order valence-electron chi connectivity index (χ4n) is 1.79. The van der Waals surface area contributed by atoms with Crippen molar-refractivity contribution in [2.75, 3.05) is 5.32 Å². The monoisotopic (exact) mass is 202 g/mol. The topological polar surface area (TPSA) is 36.6 Å². The van der Waals surface area contributed by atoms with Crippen LogP contribution in [0.1, 0.15) is 24.8 Å². The maximum atomic E-state index is 9.00. The summed E-state index contributed by atoms with van der Waals surface area (Å²) in [7, 11) is 0. The van der Waals surface area contributed by atoms with Gasteiger partial charge in [0.15, 0.2) is 0 Å². The van der Waals surface area contributed by atoms with Crippen molar-refractivity contribution in [3.05, 3.63) is 41.2 Å². The smallest absolute Gasteiger partial charge is 0.305 e. The lowest BCUT2D eigenvalue weighted by molar-refractivity contribution is 0.282. The van der Waals surface area contributed by atoms with E-state index in [4.69, 9.17) is 11.7 Å². The molecular formula is C12H14N2O. The van der Waals surface area contributed by atoms with Crippen LogP contribution in [0, 0.1) is 6.57 Å². The van der Waals surface area contributed by atoms with Gasteiger partial charge >= 0.3 is 5.66 Å². The van der Waals surface area contributed by atoms with Gasteiger partial charge in [0.1, 0.15) is 0 Å². The molecule has 78 valence electrons. The summed E-state index contributed by atoms with van der Waals surface area (Å²) in [6.45, 7) is 7.21. The van der Waals surface area contributed by atoms with E-state index in [2.05, 4.69) is 10.2 Å². The Bertz CT molecular complexity index is 391. The molecule has 1 aromatic rings. The molecule has 0 heterocycles. The van der Waals surface area contributed by atoms with E-state index in [0.29, 0.717) is 0 Å². The normalized spacial score (nSPS) is 17.6. The highest BCUT2D eigenvalue weighted by atomic mass is 16.3. The second-order valence-corrected chi connectivity index (χ2v) is 3.98. The zero-order chi connectivity index (χ0) is 10.7. The molecule has 3 heteroatoms. The van der Waals surface area contributed by atoms with Crippen molar-refractivity contribution in [2.45, 2.75) is 31.5 Å². The average molecular weight is 202 g/mol. The second-order valence-electron chi connectivity index (χ2n) is 3.98. The predicted molar refractivity (Wildman–Crippen MR) is 59.2 cm³/mol. The van der Waals surface area contributed by atoms with E-state index in [-0.39, 0.29) is 12.3 Å². The molecule has 0 unspecified atom stereocenters. The highest BCUT2D eigenvalue weighted by Crippen LogP contribution is 2.36. The Kier molecular flexibility index (Phi) is 2.61. The van der Waals surface area contributed by atoms with Crippen molar-refractivity contribution in [2.24, 2.45) is 0 Å². The second kappa shape index (κ2) is 3.92. The zero-order valence-corrected chi connectivity index (χ0v) is 8.53. The summed E-state index contributed by atoms with van der Waals surface area (Å²) in [6.07, 6.45) is 2.95. The molecule has 3 nitrogen and oxygen atoms in total. The molecule has 1 saturated carbocycles. The SMILES string of the molecule is [C-]#[N+]C1(Nc2cccc(CO)c2)CCC1. The van der Waals surface area contributed by atoms with Gasteiger partial charge in [-0.15, -0.1) is 0 Å². The molecule has 1 aliphatic rings. The summed E-state index contributed by atoms with van der Waals surface area (Å²) < 4.78 is 0. The van der Waals surface area contributed by atoms with Gasteiger partial charge in [0.2, 0.25) is 0 Å². The van der Waals surface area contributed by atoms with Crippen LogP contribution in [-0.4, -0.2) is 10.8 Å². The Morgan fingerprint density at radius 1 is 1.47 bits per heavy atom. The van der Waals surface area contributed by atoms with Crippen LogP contribution in [0.3, 0.4) is 0 Å². The summed E-state index contributed by atoms with van der Waals surface area (Å²) in [6, 6.07) is 7.59. The quantitative estimate of drug-likeness (QED) is 0.738. The highest BCUT2D eigenvalue weighted by molar-refractivity contribution is 5.49. The largest absolute Gasteiger partial charge is 0.392 e. The number of aliphatic hydroxyl groups is 1. The van der Waals surface area contributed by atoms with Gasteiger partial charge in [0.05, 0.1) is 6.61 Å². The maximum absolute atomic E-state index is 9.00. The molecule has 0 atom stereocenters. The van der Waals surface area contributed by atoms with Crippen LogP contribution in [0.2, 0.25) is 0 Å². The maximum Gasteiger partial charge on any atom is 0.305 e. The Hall–Kier alpha value is -1.53. The number of nitrogens with one attached hydrogen (secondary N) is 1. The van der Waals surface area contributed by atoms with E-state index in [1.54, 1.807) is 0 Å². The molecule has 2 rings (SSSR count). The first kappa shape index (κ1) is 10.0. The lowest BCUT2D eigenvalue weighted by Gasteiger charge is -2.31. The van der Waals surface area contributed by atoms with Crippen molar-refractivity contribution in [1.82, 2.24) is 0 Å². The first-order valence-electron chi connectivity index (χ1n) is 5.15. The molecule has 0 radical (unpaired) electrons.